The SMILES string of the molecule is Cc1ccc([N+](=O)[O-])c(NC(=O)COC(=O)CCc2ccc(F)cc2)c1C. The fourth-order valence-corrected chi connectivity index (χ4v) is 2.40. The molecular weight excluding hydrogens is 355 g/mol. The minimum absolute atomic E-state index is 0.0303. The third-order valence-electron chi connectivity index (χ3n) is 4.07. The monoisotopic (exact) mass is 374 g/mol. The summed E-state index contributed by atoms with van der Waals surface area (Å²) < 4.78 is 17.7. The smallest absolute Gasteiger partial charge is 0.306 e. The molecule has 0 spiro atoms. The van der Waals surface area contributed by atoms with E-state index in [1.54, 1.807) is 32.0 Å². The molecule has 0 radical (unpaired) electrons. The number of hydrogen-bond acceptors (Lipinski definition) is 5. The van der Waals surface area contributed by atoms with Gasteiger partial charge in [-0.3, -0.25) is 19.7 Å². The largest absolute Gasteiger partial charge is 0.456 e. The first-order valence-electron chi connectivity index (χ1n) is 8.22. The molecule has 142 valence electrons. The zero-order valence-corrected chi connectivity index (χ0v) is 15.0. The van der Waals surface area contributed by atoms with E-state index in [2.05, 4.69) is 5.32 Å². The number of hydrogen-bond donors (Lipinski definition) is 1. The number of nitro groups is 1. The molecule has 0 aliphatic rings. The van der Waals surface area contributed by atoms with Crippen molar-refractivity contribution >= 4 is 23.3 Å². The molecule has 1 N–H and O–H groups in total. The lowest BCUT2D eigenvalue weighted by Gasteiger charge is -2.11. The van der Waals surface area contributed by atoms with Crippen LogP contribution in [0.5, 0.6) is 0 Å². The van der Waals surface area contributed by atoms with Gasteiger partial charge < -0.3 is 10.1 Å². The molecule has 0 unspecified atom stereocenters. The Bertz CT molecular complexity index is 865. The highest BCUT2D eigenvalue weighted by atomic mass is 19.1. The van der Waals surface area contributed by atoms with Gasteiger partial charge in [-0.1, -0.05) is 18.2 Å². The molecule has 8 heteroatoms. The molecular formula is C19H19FN2O5. The van der Waals surface area contributed by atoms with Crippen molar-refractivity contribution in [1.29, 1.82) is 0 Å². The van der Waals surface area contributed by atoms with Gasteiger partial charge in [0, 0.05) is 12.5 Å². The lowest BCUT2D eigenvalue weighted by molar-refractivity contribution is -0.384. The summed E-state index contributed by atoms with van der Waals surface area (Å²) in [5.74, 6) is -1.62. The molecule has 0 fully saturated rings. The molecule has 0 saturated carbocycles. The second kappa shape index (κ2) is 8.88. The summed E-state index contributed by atoms with van der Waals surface area (Å²) in [7, 11) is 0. The Kier molecular flexibility index (Phi) is 6.59. The number of anilines is 1. The second-order valence-corrected chi connectivity index (χ2v) is 5.99. The third-order valence-corrected chi connectivity index (χ3v) is 4.07. The van der Waals surface area contributed by atoms with Gasteiger partial charge in [0.2, 0.25) is 0 Å². The maximum absolute atomic E-state index is 12.8. The van der Waals surface area contributed by atoms with E-state index < -0.39 is 23.4 Å². The highest BCUT2D eigenvalue weighted by molar-refractivity contribution is 5.96. The van der Waals surface area contributed by atoms with Crippen molar-refractivity contribution in [3.8, 4) is 0 Å². The van der Waals surface area contributed by atoms with Crippen molar-refractivity contribution in [1.82, 2.24) is 0 Å². The van der Waals surface area contributed by atoms with Crippen LogP contribution in [-0.4, -0.2) is 23.4 Å². The van der Waals surface area contributed by atoms with E-state index in [1.807, 2.05) is 0 Å². The number of aryl methyl sites for hydroxylation is 2. The average Bonchev–Trinajstić information content (AvgIpc) is 2.63. The van der Waals surface area contributed by atoms with Gasteiger partial charge in [-0.05, 0) is 49.1 Å². The van der Waals surface area contributed by atoms with Gasteiger partial charge in [-0.15, -0.1) is 0 Å². The van der Waals surface area contributed by atoms with Gasteiger partial charge in [-0.25, -0.2) is 4.39 Å². The summed E-state index contributed by atoms with van der Waals surface area (Å²) in [6.07, 6.45) is 0.381. The zero-order chi connectivity index (χ0) is 20.0. The molecule has 2 aromatic rings. The number of nitrogens with zero attached hydrogens (tertiary/aromatic N) is 1. The first-order valence-corrected chi connectivity index (χ1v) is 8.22. The van der Waals surface area contributed by atoms with Crippen LogP contribution in [0, 0.1) is 29.8 Å². The van der Waals surface area contributed by atoms with Gasteiger partial charge in [0.05, 0.1) is 4.92 Å². The average molecular weight is 374 g/mol. The van der Waals surface area contributed by atoms with Gasteiger partial charge in [-0.2, -0.15) is 0 Å². The quantitative estimate of drug-likeness (QED) is 0.455. The topological polar surface area (TPSA) is 98.5 Å². The Morgan fingerprint density at radius 2 is 1.81 bits per heavy atom. The Balaban J connectivity index is 1.89. The lowest BCUT2D eigenvalue weighted by Crippen LogP contribution is -2.22. The standard InChI is InChI=1S/C19H19FN2O5/c1-12-3-9-16(22(25)26)19(13(12)2)21-17(23)11-27-18(24)10-6-14-4-7-15(20)8-5-14/h3-5,7-9H,6,10-11H2,1-2H3,(H,21,23). The fraction of sp³-hybridized carbons (Fsp3) is 0.263. The van der Waals surface area contributed by atoms with Crippen LogP contribution in [0.25, 0.3) is 0 Å². The van der Waals surface area contributed by atoms with E-state index in [-0.39, 0.29) is 23.6 Å². The summed E-state index contributed by atoms with van der Waals surface area (Å²) >= 11 is 0. The van der Waals surface area contributed by atoms with Crippen LogP contribution in [0.4, 0.5) is 15.8 Å². The van der Waals surface area contributed by atoms with Crippen LogP contribution in [0.15, 0.2) is 36.4 Å². The van der Waals surface area contributed by atoms with Crippen molar-refractivity contribution in [2.24, 2.45) is 0 Å². The molecule has 27 heavy (non-hydrogen) atoms. The van der Waals surface area contributed by atoms with Crippen LogP contribution in [0.1, 0.15) is 23.1 Å². The number of esters is 1. The van der Waals surface area contributed by atoms with Crippen LogP contribution in [0.3, 0.4) is 0 Å². The van der Waals surface area contributed by atoms with E-state index in [0.29, 0.717) is 12.0 Å². The molecule has 0 atom stereocenters. The van der Waals surface area contributed by atoms with E-state index in [0.717, 1.165) is 11.1 Å². The Morgan fingerprint density at radius 1 is 1.15 bits per heavy atom. The highest BCUT2D eigenvalue weighted by Crippen LogP contribution is 2.30. The predicted molar refractivity (Wildman–Crippen MR) is 96.9 cm³/mol. The molecule has 1 amide bonds. The Labute approximate surface area is 155 Å². The maximum atomic E-state index is 12.8. The molecule has 2 rings (SSSR count). The van der Waals surface area contributed by atoms with Crippen molar-refractivity contribution in [3.63, 3.8) is 0 Å². The van der Waals surface area contributed by atoms with E-state index in [4.69, 9.17) is 4.74 Å². The first kappa shape index (κ1) is 20.0. The molecule has 0 bridgehead atoms. The van der Waals surface area contributed by atoms with Crippen molar-refractivity contribution in [3.05, 3.63) is 69.0 Å². The summed E-state index contributed by atoms with van der Waals surface area (Å²) in [6.45, 7) is 2.88. The number of benzene rings is 2. The molecule has 0 saturated heterocycles. The number of carbonyl (C=O) groups excluding carboxylic acids is 2. The van der Waals surface area contributed by atoms with Crippen LogP contribution < -0.4 is 5.32 Å². The number of carbonyl (C=O) groups is 2. The molecule has 0 aliphatic heterocycles. The molecule has 2 aromatic carbocycles. The molecule has 0 heterocycles. The summed E-state index contributed by atoms with van der Waals surface area (Å²) in [4.78, 5) is 34.3. The highest BCUT2D eigenvalue weighted by Gasteiger charge is 2.20. The van der Waals surface area contributed by atoms with E-state index >= 15 is 0 Å². The third kappa shape index (κ3) is 5.60. The molecule has 0 aliphatic carbocycles. The van der Waals surface area contributed by atoms with Crippen LogP contribution in [-0.2, 0) is 20.7 Å². The molecule has 0 aromatic heterocycles. The van der Waals surface area contributed by atoms with Crippen LogP contribution >= 0.6 is 0 Å². The van der Waals surface area contributed by atoms with Gasteiger partial charge in [0.1, 0.15) is 11.5 Å². The lowest BCUT2D eigenvalue weighted by atomic mass is 10.1. The minimum Gasteiger partial charge on any atom is -0.456 e. The normalized spacial score (nSPS) is 10.3. The van der Waals surface area contributed by atoms with Gasteiger partial charge >= 0.3 is 5.97 Å². The predicted octanol–water partition coefficient (Wildman–Crippen LogP) is 3.47. The number of rotatable bonds is 7. The summed E-state index contributed by atoms with van der Waals surface area (Å²) in [6, 6.07) is 8.63. The first-order chi connectivity index (χ1) is 12.8. The van der Waals surface area contributed by atoms with Crippen molar-refractivity contribution in [2.45, 2.75) is 26.7 Å². The fourth-order valence-electron chi connectivity index (χ4n) is 2.40. The van der Waals surface area contributed by atoms with Crippen molar-refractivity contribution < 1.29 is 23.6 Å². The van der Waals surface area contributed by atoms with Gasteiger partial charge in [0.25, 0.3) is 11.6 Å². The Morgan fingerprint density at radius 3 is 2.44 bits per heavy atom. The zero-order valence-electron chi connectivity index (χ0n) is 15.0. The van der Waals surface area contributed by atoms with E-state index in [9.17, 15) is 24.1 Å². The number of nitro benzene ring substituents is 1. The number of ether oxygens (including phenoxy) is 1. The summed E-state index contributed by atoms with van der Waals surface area (Å²) in [5, 5.41) is 13.6. The van der Waals surface area contributed by atoms with E-state index in [1.165, 1.54) is 18.2 Å². The number of halogens is 1. The minimum atomic E-state index is -0.665. The Hall–Kier alpha value is -3.29. The van der Waals surface area contributed by atoms with Crippen molar-refractivity contribution in [2.75, 3.05) is 11.9 Å². The van der Waals surface area contributed by atoms with Gasteiger partial charge in [0.15, 0.2) is 6.61 Å². The van der Waals surface area contributed by atoms with Crippen LogP contribution in [0.2, 0.25) is 0 Å². The summed E-state index contributed by atoms with van der Waals surface area (Å²) in [5.41, 5.74) is 1.98. The number of amides is 1. The maximum Gasteiger partial charge on any atom is 0.306 e. The molecule has 7 nitrogen and oxygen atoms in total. The second-order valence-electron chi connectivity index (χ2n) is 5.99. The number of nitrogens with one attached hydrogen (secondary N) is 1.